The van der Waals surface area contributed by atoms with E-state index in [1.807, 2.05) is 0 Å². The van der Waals surface area contributed by atoms with Crippen molar-refractivity contribution in [3.63, 3.8) is 0 Å². The number of carbonyl (C=O) groups is 3. The van der Waals surface area contributed by atoms with Crippen LogP contribution in [-0.2, 0) is 9.59 Å². The van der Waals surface area contributed by atoms with Crippen LogP contribution >= 0.6 is 0 Å². The van der Waals surface area contributed by atoms with Crippen molar-refractivity contribution in [1.82, 2.24) is 10.6 Å². The minimum absolute atomic E-state index is 0.228. The maximum atomic E-state index is 12.2. The summed E-state index contributed by atoms with van der Waals surface area (Å²) in [4.78, 5) is 36.0. The van der Waals surface area contributed by atoms with Crippen LogP contribution in [0, 0.1) is 0 Å². The van der Waals surface area contributed by atoms with Gasteiger partial charge in [-0.2, -0.15) is 0 Å². The fraction of sp³-hybridized carbons (Fsp3) is 0.500. The Morgan fingerprint density at radius 2 is 1.79 bits per heavy atom. The molecular formula is C18H25N3O3. The van der Waals surface area contributed by atoms with Gasteiger partial charge in [0.15, 0.2) is 0 Å². The molecule has 6 nitrogen and oxygen atoms in total. The molecule has 0 atom stereocenters. The van der Waals surface area contributed by atoms with E-state index in [1.165, 1.54) is 0 Å². The number of anilines is 1. The van der Waals surface area contributed by atoms with Gasteiger partial charge >= 0.3 is 11.8 Å². The first-order valence-electron chi connectivity index (χ1n) is 8.61. The van der Waals surface area contributed by atoms with Crippen molar-refractivity contribution in [1.29, 1.82) is 0 Å². The van der Waals surface area contributed by atoms with Crippen LogP contribution in [0.3, 0.4) is 0 Å². The van der Waals surface area contributed by atoms with Gasteiger partial charge in [0.2, 0.25) is 0 Å². The van der Waals surface area contributed by atoms with E-state index in [0.29, 0.717) is 17.8 Å². The predicted molar refractivity (Wildman–Crippen MR) is 92.7 cm³/mol. The molecule has 1 fully saturated rings. The molecule has 0 spiro atoms. The van der Waals surface area contributed by atoms with E-state index in [1.54, 1.807) is 24.3 Å². The van der Waals surface area contributed by atoms with Crippen molar-refractivity contribution < 1.29 is 14.4 Å². The van der Waals surface area contributed by atoms with Gasteiger partial charge in [-0.3, -0.25) is 14.4 Å². The minimum Gasteiger partial charge on any atom is -0.349 e. The largest absolute Gasteiger partial charge is 0.349 e. The molecule has 1 aromatic rings. The van der Waals surface area contributed by atoms with Crippen molar-refractivity contribution in [3.05, 3.63) is 29.8 Å². The van der Waals surface area contributed by atoms with Crippen LogP contribution in [0.1, 0.15) is 55.8 Å². The van der Waals surface area contributed by atoms with Crippen LogP contribution in [0.5, 0.6) is 0 Å². The highest BCUT2D eigenvalue weighted by Crippen LogP contribution is 2.21. The highest BCUT2D eigenvalue weighted by Gasteiger charge is 2.25. The third kappa shape index (κ3) is 5.68. The molecule has 3 N–H and O–H groups in total. The van der Waals surface area contributed by atoms with Crippen LogP contribution in [0.2, 0.25) is 0 Å². The van der Waals surface area contributed by atoms with Crippen LogP contribution in [0.4, 0.5) is 5.69 Å². The summed E-state index contributed by atoms with van der Waals surface area (Å²) in [6, 6.07) is 6.93. The molecule has 0 aromatic heterocycles. The number of benzene rings is 1. The second kappa shape index (κ2) is 9.05. The smallest absolute Gasteiger partial charge is 0.313 e. The normalized spacial score (nSPS) is 13.2. The van der Waals surface area contributed by atoms with Gasteiger partial charge in [-0.05, 0) is 31.4 Å². The quantitative estimate of drug-likeness (QED) is 0.504. The summed E-state index contributed by atoms with van der Waals surface area (Å²) in [6.45, 7) is 2.60. The molecule has 3 amide bonds. The molecule has 0 saturated heterocycles. The second-order valence-corrected chi connectivity index (χ2v) is 6.06. The number of unbranched alkanes of at least 4 members (excludes halogenated alkanes) is 3. The van der Waals surface area contributed by atoms with Crippen molar-refractivity contribution in [3.8, 4) is 0 Å². The number of hydrogen-bond acceptors (Lipinski definition) is 3. The highest BCUT2D eigenvalue weighted by atomic mass is 16.2. The van der Waals surface area contributed by atoms with Crippen molar-refractivity contribution in [2.75, 3.05) is 11.9 Å². The first-order chi connectivity index (χ1) is 11.6. The topological polar surface area (TPSA) is 87.3 Å². The molecule has 130 valence electrons. The maximum absolute atomic E-state index is 12.2. The maximum Gasteiger partial charge on any atom is 0.313 e. The van der Waals surface area contributed by atoms with E-state index in [9.17, 15) is 14.4 Å². The lowest BCUT2D eigenvalue weighted by molar-refractivity contribution is -0.136. The molecule has 1 saturated carbocycles. The van der Waals surface area contributed by atoms with Crippen LogP contribution < -0.4 is 16.0 Å². The standard InChI is InChI=1S/C18H25N3O3/c1-2-3-4-7-12-19-17(23)18(24)21-15-9-6-5-8-14(15)16(22)20-13-10-11-13/h5-6,8-9,13H,2-4,7,10-12H2,1H3,(H,19,23)(H,20,22)(H,21,24). The van der Waals surface area contributed by atoms with Gasteiger partial charge in [-0.25, -0.2) is 0 Å². The number of amides is 3. The molecule has 6 heteroatoms. The first kappa shape index (κ1) is 18.0. The summed E-state index contributed by atoms with van der Waals surface area (Å²) in [5.41, 5.74) is 0.718. The fourth-order valence-electron chi connectivity index (χ4n) is 2.29. The van der Waals surface area contributed by atoms with Gasteiger partial charge in [0.1, 0.15) is 0 Å². The Labute approximate surface area is 142 Å². The van der Waals surface area contributed by atoms with Gasteiger partial charge in [0, 0.05) is 12.6 Å². The number of para-hydroxylation sites is 1. The number of carbonyl (C=O) groups excluding carboxylic acids is 3. The minimum atomic E-state index is -0.753. The zero-order chi connectivity index (χ0) is 17.4. The Hall–Kier alpha value is -2.37. The molecule has 0 bridgehead atoms. The summed E-state index contributed by atoms with van der Waals surface area (Å²) >= 11 is 0. The van der Waals surface area contributed by atoms with Gasteiger partial charge in [0.05, 0.1) is 11.3 Å². The molecule has 1 aliphatic rings. The lowest BCUT2D eigenvalue weighted by Gasteiger charge is -2.11. The fourth-order valence-corrected chi connectivity index (χ4v) is 2.29. The first-order valence-corrected chi connectivity index (χ1v) is 8.61. The summed E-state index contributed by atoms with van der Waals surface area (Å²) in [7, 11) is 0. The van der Waals surface area contributed by atoms with E-state index in [-0.39, 0.29) is 11.9 Å². The molecular weight excluding hydrogens is 306 g/mol. The number of nitrogens with one attached hydrogen (secondary N) is 3. The average Bonchev–Trinajstić information content (AvgIpc) is 3.38. The van der Waals surface area contributed by atoms with Gasteiger partial charge < -0.3 is 16.0 Å². The van der Waals surface area contributed by atoms with Crippen LogP contribution in [0.15, 0.2) is 24.3 Å². The summed E-state index contributed by atoms with van der Waals surface area (Å²) < 4.78 is 0. The summed E-state index contributed by atoms with van der Waals surface area (Å²) in [5, 5.41) is 8.00. The Morgan fingerprint density at radius 3 is 2.50 bits per heavy atom. The molecule has 0 aliphatic heterocycles. The number of hydrogen-bond donors (Lipinski definition) is 3. The van der Waals surface area contributed by atoms with E-state index in [2.05, 4.69) is 22.9 Å². The molecule has 1 aromatic carbocycles. The Kier molecular flexibility index (Phi) is 6.78. The Balaban J connectivity index is 1.86. The van der Waals surface area contributed by atoms with Gasteiger partial charge in [-0.15, -0.1) is 0 Å². The van der Waals surface area contributed by atoms with Crippen LogP contribution in [-0.4, -0.2) is 30.3 Å². The number of rotatable bonds is 8. The van der Waals surface area contributed by atoms with E-state index < -0.39 is 11.8 Å². The predicted octanol–water partition coefficient (Wildman–Crippen LogP) is 2.21. The van der Waals surface area contributed by atoms with Crippen molar-refractivity contribution in [2.45, 2.75) is 51.5 Å². The van der Waals surface area contributed by atoms with Crippen molar-refractivity contribution in [2.24, 2.45) is 0 Å². The summed E-state index contributed by atoms with van der Waals surface area (Å²) in [5.74, 6) is -1.66. The third-order valence-electron chi connectivity index (χ3n) is 3.85. The molecule has 24 heavy (non-hydrogen) atoms. The monoisotopic (exact) mass is 331 g/mol. The third-order valence-corrected chi connectivity index (χ3v) is 3.85. The average molecular weight is 331 g/mol. The van der Waals surface area contributed by atoms with Crippen molar-refractivity contribution >= 4 is 23.4 Å². The molecule has 1 aliphatic carbocycles. The Morgan fingerprint density at radius 1 is 1.04 bits per heavy atom. The highest BCUT2D eigenvalue weighted by molar-refractivity contribution is 6.40. The second-order valence-electron chi connectivity index (χ2n) is 6.06. The molecule has 0 radical (unpaired) electrons. The zero-order valence-corrected chi connectivity index (χ0v) is 14.1. The summed E-state index contributed by atoms with van der Waals surface area (Å²) in [6.07, 6.45) is 6.09. The molecule has 0 unspecified atom stereocenters. The van der Waals surface area contributed by atoms with Gasteiger partial charge in [0.25, 0.3) is 5.91 Å². The lowest BCUT2D eigenvalue weighted by atomic mass is 10.1. The molecule has 2 rings (SSSR count). The SMILES string of the molecule is CCCCCCNC(=O)C(=O)Nc1ccccc1C(=O)NC1CC1. The molecule has 0 heterocycles. The van der Waals surface area contributed by atoms with Gasteiger partial charge in [-0.1, -0.05) is 38.3 Å². The van der Waals surface area contributed by atoms with E-state index in [4.69, 9.17) is 0 Å². The zero-order valence-electron chi connectivity index (χ0n) is 14.1. The van der Waals surface area contributed by atoms with Crippen LogP contribution in [0.25, 0.3) is 0 Å². The van der Waals surface area contributed by atoms with E-state index in [0.717, 1.165) is 38.5 Å². The lowest BCUT2D eigenvalue weighted by Crippen LogP contribution is -2.36. The van der Waals surface area contributed by atoms with E-state index >= 15 is 0 Å². The Bertz CT molecular complexity index is 597.